The number of amides is 1. The molecule has 2 heterocycles. The van der Waals surface area contributed by atoms with Crippen LogP contribution in [0.4, 0.5) is 0 Å². The molecule has 1 aliphatic heterocycles. The fourth-order valence-corrected chi connectivity index (χ4v) is 1.96. The Labute approximate surface area is 108 Å². The van der Waals surface area contributed by atoms with Crippen LogP contribution in [0.1, 0.15) is 5.69 Å². The van der Waals surface area contributed by atoms with Gasteiger partial charge in [-0.2, -0.15) is 0 Å². The molecule has 0 spiro atoms. The summed E-state index contributed by atoms with van der Waals surface area (Å²) in [6.45, 7) is 4.06. The molecule has 0 bridgehead atoms. The molecule has 5 heteroatoms. The zero-order valence-corrected chi connectivity index (χ0v) is 10.7. The van der Waals surface area contributed by atoms with Gasteiger partial charge in [0.15, 0.2) is 0 Å². The van der Waals surface area contributed by atoms with Crippen LogP contribution in [0.2, 0.25) is 0 Å². The first kappa shape index (κ1) is 11.8. The van der Waals surface area contributed by atoms with E-state index in [1.54, 1.807) is 18.3 Å². The second kappa shape index (κ2) is 5.08. The molecule has 0 aliphatic carbocycles. The van der Waals surface area contributed by atoms with Crippen molar-refractivity contribution in [3.05, 3.63) is 48.4 Å². The number of pyridine rings is 1. The second-order valence-electron chi connectivity index (χ2n) is 3.38. The van der Waals surface area contributed by atoms with Crippen LogP contribution in [0.15, 0.2) is 47.7 Å². The summed E-state index contributed by atoms with van der Waals surface area (Å²) < 4.78 is 0.567. The van der Waals surface area contributed by atoms with E-state index in [2.05, 4.69) is 32.6 Å². The van der Waals surface area contributed by atoms with E-state index in [4.69, 9.17) is 0 Å². The Morgan fingerprint density at radius 3 is 2.94 bits per heavy atom. The van der Waals surface area contributed by atoms with Gasteiger partial charge in [-0.1, -0.05) is 0 Å². The van der Waals surface area contributed by atoms with Gasteiger partial charge in [0.2, 0.25) is 0 Å². The maximum absolute atomic E-state index is 12.0. The zero-order valence-electron chi connectivity index (χ0n) is 9.04. The van der Waals surface area contributed by atoms with Gasteiger partial charge in [0.25, 0.3) is 0 Å². The van der Waals surface area contributed by atoms with Gasteiger partial charge in [0.05, 0.1) is 0 Å². The predicted octanol–water partition coefficient (Wildman–Crippen LogP) is 0.975. The van der Waals surface area contributed by atoms with E-state index in [0.717, 1.165) is 0 Å². The molecule has 0 aromatic carbocycles. The molecule has 1 aromatic heterocycles. The minimum atomic E-state index is -0.135. The molecule has 0 saturated heterocycles. The van der Waals surface area contributed by atoms with E-state index in [-0.39, 0.29) is 5.91 Å². The van der Waals surface area contributed by atoms with Crippen molar-refractivity contribution in [3.63, 3.8) is 0 Å². The third-order valence-electron chi connectivity index (χ3n) is 2.20. The SMILES string of the molecule is C=CCN1C(=O)/C(=C/c2ccccn2)N=C1[Se]. The van der Waals surface area contributed by atoms with Gasteiger partial charge in [-0.05, 0) is 0 Å². The number of amidine groups is 1. The Morgan fingerprint density at radius 2 is 2.29 bits per heavy atom. The Kier molecular flexibility index (Phi) is 3.52. The molecule has 0 atom stereocenters. The molecular weight excluding hydrogens is 281 g/mol. The Hall–Kier alpha value is -1.71. The van der Waals surface area contributed by atoms with Gasteiger partial charge in [-0.3, -0.25) is 0 Å². The summed E-state index contributed by atoms with van der Waals surface area (Å²) in [5.74, 6) is -0.135. The van der Waals surface area contributed by atoms with E-state index in [0.29, 0.717) is 22.7 Å². The average molecular weight is 291 g/mol. The van der Waals surface area contributed by atoms with Gasteiger partial charge in [-0.15, -0.1) is 0 Å². The number of carbonyl (C=O) groups is 1. The van der Waals surface area contributed by atoms with Crippen molar-refractivity contribution in [1.82, 2.24) is 9.88 Å². The van der Waals surface area contributed by atoms with Crippen LogP contribution in [0.3, 0.4) is 0 Å². The number of hydrogen-bond donors (Lipinski definition) is 0. The maximum atomic E-state index is 12.0. The van der Waals surface area contributed by atoms with Crippen molar-refractivity contribution in [2.75, 3.05) is 6.54 Å². The molecular formula is C12H10N3OSe. The molecule has 0 saturated carbocycles. The number of nitrogens with zero attached hydrogens (tertiary/aromatic N) is 3. The van der Waals surface area contributed by atoms with Gasteiger partial charge in [0, 0.05) is 0 Å². The van der Waals surface area contributed by atoms with Crippen molar-refractivity contribution in [3.8, 4) is 0 Å². The molecule has 0 unspecified atom stereocenters. The van der Waals surface area contributed by atoms with Crippen LogP contribution in [-0.4, -0.2) is 43.1 Å². The zero-order chi connectivity index (χ0) is 12.3. The first-order valence-corrected chi connectivity index (χ1v) is 5.89. The molecule has 1 aliphatic rings. The van der Waals surface area contributed by atoms with Crippen molar-refractivity contribution < 1.29 is 4.79 Å². The summed E-state index contributed by atoms with van der Waals surface area (Å²) in [4.78, 5) is 21.8. The molecule has 2 rings (SSSR count). The van der Waals surface area contributed by atoms with Crippen molar-refractivity contribution in [2.45, 2.75) is 0 Å². The van der Waals surface area contributed by atoms with Crippen LogP contribution < -0.4 is 0 Å². The number of rotatable bonds is 3. The van der Waals surface area contributed by atoms with E-state index >= 15 is 0 Å². The Balaban J connectivity index is 2.28. The number of aromatic nitrogens is 1. The van der Waals surface area contributed by atoms with Gasteiger partial charge >= 0.3 is 107 Å². The van der Waals surface area contributed by atoms with Gasteiger partial charge in [0.1, 0.15) is 0 Å². The molecule has 0 N–H and O–H groups in total. The van der Waals surface area contributed by atoms with Crippen LogP contribution >= 0.6 is 0 Å². The van der Waals surface area contributed by atoms with E-state index in [9.17, 15) is 4.79 Å². The first-order chi connectivity index (χ1) is 8.22. The predicted molar refractivity (Wildman–Crippen MR) is 67.3 cm³/mol. The number of carbonyl (C=O) groups excluding carboxylic acids is 1. The molecule has 0 fully saturated rings. The summed E-state index contributed by atoms with van der Waals surface area (Å²) in [7, 11) is 0. The monoisotopic (exact) mass is 292 g/mol. The van der Waals surface area contributed by atoms with Crippen molar-refractivity contribution in [2.24, 2.45) is 4.99 Å². The fraction of sp³-hybridized carbons (Fsp3) is 0.0833. The Bertz CT molecular complexity index is 508. The van der Waals surface area contributed by atoms with Crippen LogP contribution in [0.25, 0.3) is 6.08 Å². The first-order valence-electron chi connectivity index (χ1n) is 5.03. The van der Waals surface area contributed by atoms with Crippen LogP contribution in [-0.2, 0) is 4.79 Å². The summed E-state index contributed by atoms with van der Waals surface area (Å²) in [5.41, 5.74) is 1.10. The van der Waals surface area contributed by atoms with Crippen molar-refractivity contribution in [1.29, 1.82) is 0 Å². The fourth-order valence-electron chi connectivity index (χ4n) is 1.42. The molecule has 1 radical (unpaired) electrons. The van der Waals surface area contributed by atoms with Gasteiger partial charge < -0.3 is 0 Å². The van der Waals surface area contributed by atoms with E-state index in [1.165, 1.54) is 4.90 Å². The summed E-state index contributed by atoms with van der Waals surface area (Å²) in [6, 6.07) is 5.51. The molecule has 1 aromatic rings. The van der Waals surface area contributed by atoms with Crippen LogP contribution in [0, 0.1) is 0 Å². The van der Waals surface area contributed by atoms with Crippen LogP contribution in [0.5, 0.6) is 0 Å². The summed E-state index contributed by atoms with van der Waals surface area (Å²) in [5, 5.41) is 0. The third-order valence-corrected chi connectivity index (χ3v) is 2.85. The molecule has 85 valence electrons. The minimum absolute atomic E-state index is 0.135. The standard InChI is InChI=1S/C12H10N3OSe/c1-2-7-15-11(16)10(14-12(15)17)8-9-5-3-4-6-13-9/h2-6,8H,1,7H2/b10-8-. The molecule has 4 nitrogen and oxygen atoms in total. The third kappa shape index (κ3) is 2.52. The molecule has 1 amide bonds. The van der Waals surface area contributed by atoms with E-state index < -0.39 is 0 Å². The summed E-state index contributed by atoms with van der Waals surface area (Å²) >= 11 is 2.77. The topological polar surface area (TPSA) is 45.6 Å². The number of aliphatic imine (C=N–C) groups is 1. The normalized spacial score (nSPS) is 17.4. The number of hydrogen-bond acceptors (Lipinski definition) is 3. The average Bonchev–Trinajstić information content (AvgIpc) is 2.59. The second-order valence-corrected chi connectivity index (χ2v) is 4.15. The summed E-state index contributed by atoms with van der Waals surface area (Å²) in [6.07, 6.45) is 5.01. The van der Waals surface area contributed by atoms with Crippen molar-refractivity contribution >= 4 is 32.7 Å². The quantitative estimate of drug-likeness (QED) is 0.473. The Morgan fingerprint density at radius 1 is 1.47 bits per heavy atom. The van der Waals surface area contributed by atoms with E-state index in [1.807, 2.05) is 18.2 Å². The molecule has 17 heavy (non-hydrogen) atoms. The van der Waals surface area contributed by atoms with Gasteiger partial charge in [-0.25, -0.2) is 0 Å².